The second-order valence-corrected chi connectivity index (χ2v) is 3.64. The van der Waals surface area contributed by atoms with Gasteiger partial charge in [0.05, 0.1) is 18.9 Å². The van der Waals surface area contributed by atoms with Crippen LogP contribution < -0.4 is 11.4 Å². The molecule has 0 saturated carbocycles. The Labute approximate surface area is 104 Å². The van der Waals surface area contributed by atoms with Crippen LogP contribution in [0.4, 0.5) is 10.2 Å². The molecule has 2 rings (SSSR count). The average Bonchev–Trinajstić information content (AvgIpc) is 2.85. The molecule has 1 fully saturated rings. The minimum atomic E-state index is -0.754. The molecule has 0 amide bonds. The van der Waals surface area contributed by atoms with Crippen molar-refractivity contribution < 1.29 is 14.2 Å². The van der Waals surface area contributed by atoms with Crippen molar-refractivity contribution in [2.45, 2.75) is 39.0 Å². The van der Waals surface area contributed by atoms with Gasteiger partial charge in [0.15, 0.2) is 11.6 Å². The first-order valence-corrected chi connectivity index (χ1v) is 5.92. The van der Waals surface area contributed by atoms with Gasteiger partial charge in [-0.1, -0.05) is 13.8 Å². The monoisotopic (exact) mass is 259 g/mol. The lowest BCUT2D eigenvalue weighted by molar-refractivity contribution is -0.0249. The van der Waals surface area contributed by atoms with Gasteiger partial charge in [-0.2, -0.15) is 4.98 Å². The first-order chi connectivity index (χ1) is 8.61. The summed E-state index contributed by atoms with van der Waals surface area (Å²) in [5.74, 6) is -1.17. The Hall–Kier alpha value is -1.47. The van der Waals surface area contributed by atoms with Crippen molar-refractivity contribution in [1.82, 2.24) is 9.55 Å². The Kier molecular flexibility index (Phi) is 5.24. The summed E-state index contributed by atoms with van der Waals surface area (Å²) in [5, 5.41) is 8.88. The summed E-state index contributed by atoms with van der Waals surface area (Å²) in [7, 11) is 0. The number of nitrogen functional groups attached to an aromatic ring is 1. The summed E-state index contributed by atoms with van der Waals surface area (Å²) in [5.41, 5.74) is 4.51. The molecule has 3 N–H and O–H groups in total. The molecule has 0 aliphatic carbocycles. The predicted molar refractivity (Wildman–Crippen MR) is 64.4 cm³/mol. The van der Waals surface area contributed by atoms with E-state index in [4.69, 9.17) is 15.6 Å². The number of hydrogen-bond acceptors (Lipinski definition) is 5. The molecular formula is C11H18FN3O3. The largest absolute Gasteiger partial charge is 0.394 e. The minimum absolute atomic E-state index is 0.115. The Morgan fingerprint density at radius 3 is 2.83 bits per heavy atom. The van der Waals surface area contributed by atoms with Crippen LogP contribution in [0.3, 0.4) is 0 Å². The smallest absolute Gasteiger partial charge is 0.351 e. The van der Waals surface area contributed by atoms with Crippen molar-refractivity contribution in [3.05, 3.63) is 22.5 Å². The molecule has 7 heteroatoms. The van der Waals surface area contributed by atoms with E-state index in [0.29, 0.717) is 12.8 Å². The standard InChI is InChI=1S/C9H12FN3O3.C2H6/c10-6-3-13(9(15)12-8(6)11)7-2-1-5(4-14)16-7;1-2/h3,5,7,14H,1-2,4H2,(H2,11,12,15);1-2H3. The zero-order valence-corrected chi connectivity index (χ0v) is 10.5. The van der Waals surface area contributed by atoms with Crippen LogP contribution in [-0.2, 0) is 4.74 Å². The van der Waals surface area contributed by atoms with Gasteiger partial charge in [-0.3, -0.25) is 4.57 Å². The second-order valence-electron chi connectivity index (χ2n) is 3.64. The molecule has 2 heterocycles. The molecule has 1 aromatic heterocycles. The van der Waals surface area contributed by atoms with Gasteiger partial charge in [-0.15, -0.1) is 0 Å². The number of aliphatic hydroxyl groups excluding tert-OH is 1. The summed E-state index contributed by atoms with van der Waals surface area (Å²) in [6, 6.07) is 0. The van der Waals surface area contributed by atoms with Crippen LogP contribution in [-0.4, -0.2) is 27.4 Å². The van der Waals surface area contributed by atoms with Crippen molar-refractivity contribution in [3.8, 4) is 0 Å². The number of ether oxygens (including phenoxy) is 1. The fourth-order valence-electron chi connectivity index (χ4n) is 1.69. The van der Waals surface area contributed by atoms with Gasteiger partial charge in [-0.05, 0) is 12.8 Å². The predicted octanol–water partition coefficient (Wildman–Crippen LogP) is 0.661. The lowest BCUT2D eigenvalue weighted by Crippen LogP contribution is -2.28. The van der Waals surface area contributed by atoms with E-state index in [9.17, 15) is 9.18 Å². The first kappa shape index (κ1) is 14.6. The molecule has 6 nitrogen and oxygen atoms in total. The fraction of sp³-hybridized carbons (Fsp3) is 0.636. The zero-order chi connectivity index (χ0) is 13.7. The van der Waals surface area contributed by atoms with Crippen molar-refractivity contribution in [3.63, 3.8) is 0 Å². The van der Waals surface area contributed by atoms with Gasteiger partial charge in [0, 0.05) is 0 Å². The van der Waals surface area contributed by atoms with Crippen LogP contribution in [0.5, 0.6) is 0 Å². The van der Waals surface area contributed by atoms with Crippen molar-refractivity contribution in [1.29, 1.82) is 0 Å². The van der Waals surface area contributed by atoms with Gasteiger partial charge in [0.25, 0.3) is 0 Å². The SMILES string of the molecule is CC.Nc1nc(=O)n(C2CCC(CO)O2)cc1F. The highest BCUT2D eigenvalue weighted by Gasteiger charge is 2.27. The number of anilines is 1. The van der Waals surface area contributed by atoms with Gasteiger partial charge < -0.3 is 15.6 Å². The van der Waals surface area contributed by atoms with Crippen LogP contribution in [0.15, 0.2) is 11.0 Å². The Morgan fingerprint density at radius 1 is 1.61 bits per heavy atom. The minimum Gasteiger partial charge on any atom is -0.394 e. The molecule has 0 radical (unpaired) electrons. The highest BCUT2D eigenvalue weighted by Crippen LogP contribution is 2.26. The van der Waals surface area contributed by atoms with Crippen molar-refractivity contribution in [2.75, 3.05) is 12.3 Å². The quantitative estimate of drug-likeness (QED) is 0.814. The molecule has 2 unspecified atom stereocenters. The fourth-order valence-corrected chi connectivity index (χ4v) is 1.69. The van der Waals surface area contributed by atoms with E-state index in [1.54, 1.807) is 0 Å². The van der Waals surface area contributed by atoms with Crippen LogP contribution >= 0.6 is 0 Å². The van der Waals surface area contributed by atoms with Crippen LogP contribution in [0.2, 0.25) is 0 Å². The summed E-state index contributed by atoms with van der Waals surface area (Å²) in [4.78, 5) is 14.8. The highest BCUT2D eigenvalue weighted by atomic mass is 19.1. The molecule has 0 aromatic carbocycles. The number of aliphatic hydroxyl groups is 1. The molecule has 1 aliphatic heterocycles. The number of rotatable bonds is 2. The van der Waals surface area contributed by atoms with Gasteiger partial charge in [0.2, 0.25) is 0 Å². The molecular weight excluding hydrogens is 241 g/mol. The van der Waals surface area contributed by atoms with E-state index >= 15 is 0 Å². The molecule has 1 aromatic rings. The number of nitrogens with two attached hydrogens (primary N) is 1. The topological polar surface area (TPSA) is 90.4 Å². The van der Waals surface area contributed by atoms with Crippen LogP contribution in [0.25, 0.3) is 0 Å². The first-order valence-electron chi connectivity index (χ1n) is 5.92. The van der Waals surface area contributed by atoms with Gasteiger partial charge in [-0.25, -0.2) is 9.18 Å². The van der Waals surface area contributed by atoms with E-state index in [1.807, 2.05) is 13.8 Å². The summed E-state index contributed by atoms with van der Waals surface area (Å²) in [6.45, 7) is 3.89. The summed E-state index contributed by atoms with van der Waals surface area (Å²) >= 11 is 0. The lowest BCUT2D eigenvalue weighted by Gasteiger charge is -2.14. The summed E-state index contributed by atoms with van der Waals surface area (Å²) in [6.07, 6.45) is 1.26. The molecule has 102 valence electrons. The number of halogens is 1. The molecule has 18 heavy (non-hydrogen) atoms. The number of nitrogens with zero attached hydrogens (tertiary/aromatic N) is 2. The maximum absolute atomic E-state index is 13.1. The molecule has 0 bridgehead atoms. The van der Waals surface area contributed by atoms with E-state index in [0.717, 1.165) is 10.8 Å². The van der Waals surface area contributed by atoms with E-state index < -0.39 is 23.6 Å². The Morgan fingerprint density at radius 2 is 2.28 bits per heavy atom. The van der Waals surface area contributed by atoms with Crippen molar-refractivity contribution >= 4 is 5.82 Å². The maximum atomic E-state index is 13.1. The van der Waals surface area contributed by atoms with Crippen molar-refractivity contribution in [2.24, 2.45) is 0 Å². The molecule has 0 spiro atoms. The molecule has 1 aliphatic rings. The number of hydrogen-bond donors (Lipinski definition) is 2. The number of aromatic nitrogens is 2. The third-order valence-corrected chi connectivity index (χ3v) is 2.53. The third kappa shape index (κ3) is 3.05. The third-order valence-electron chi connectivity index (χ3n) is 2.53. The van der Waals surface area contributed by atoms with Gasteiger partial charge >= 0.3 is 5.69 Å². The highest BCUT2D eigenvalue weighted by molar-refractivity contribution is 5.26. The lowest BCUT2D eigenvalue weighted by atomic mass is 10.2. The second kappa shape index (κ2) is 6.46. The zero-order valence-electron chi connectivity index (χ0n) is 10.5. The summed E-state index contributed by atoms with van der Waals surface area (Å²) < 4.78 is 19.5. The van der Waals surface area contributed by atoms with Crippen LogP contribution in [0.1, 0.15) is 32.9 Å². The Bertz CT molecular complexity index is 450. The maximum Gasteiger partial charge on any atom is 0.351 e. The normalized spacial score (nSPS) is 22.4. The van der Waals surface area contributed by atoms with E-state index in [2.05, 4.69) is 4.98 Å². The average molecular weight is 259 g/mol. The van der Waals surface area contributed by atoms with Crippen LogP contribution in [0, 0.1) is 5.82 Å². The van der Waals surface area contributed by atoms with E-state index in [1.165, 1.54) is 0 Å². The van der Waals surface area contributed by atoms with E-state index in [-0.39, 0.29) is 12.7 Å². The van der Waals surface area contributed by atoms with Gasteiger partial charge in [0.1, 0.15) is 6.23 Å². The molecule has 1 saturated heterocycles. The molecule has 2 atom stereocenters. The Balaban J connectivity index is 0.000000771.